The monoisotopic (exact) mass is 228 g/mol. The van der Waals surface area contributed by atoms with Crippen molar-refractivity contribution in [2.45, 2.75) is 12.5 Å². The summed E-state index contributed by atoms with van der Waals surface area (Å²) in [5, 5.41) is 9.31. The van der Waals surface area contributed by atoms with Crippen LogP contribution in [0.5, 0.6) is 5.75 Å². The number of ether oxygens (including phenoxy) is 1. The summed E-state index contributed by atoms with van der Waals surface area (Å²) in [4.78, 5) is 0. The first kappa shape index (κ1) is 8.08. The van der Waals surface area contributed by atoms with Crippen LogP contribution in [0.4, 0.5) is 0 Å². The van der Waals surface area contributed by atoms with Crippen LogP contribution in [0.1, 0.15) is 5.56 Å². The highest BCUT2D eigenvalue weighted by atomic mass is 79.9. The Bertz CT molecular complexity index is 299. The lowest BCUT2D eigenvalue weighted by Crippen LogP contribution is -2.25. The first-order valence-electron chi connectivity index (χ1n) is 3.85. The Morgan fingerprint density at radius 2 is 2.33 bits per heavy atom. The SMILES string of the molecule is O[C@H]1COc2c(Br)cccc2C1. The van der Waals surface area contributed by atoms with Gasteiger partial charge in [0.15, 0.2) is 0 Å². The third kappa shape index (κ3) is 1.34. The van der Waals surface area contributed by atoms with Crippen molar-refractivity contribution in [2.75, 3.05) is 6.61 Å². The summed E-state index contributed by atoms with van der Waals surface area (Å²) < 4.78 is 6.33. The fourth-order valence-corrected chi connectivity index (χ4v) is 1.89. The number of aliphatic hydroxyl groups is 1. The van der Waals surface area contributed by atoms with E-state index in [1.807, 2.05) is 18.2 Å². The number of fused-ring (bicyclic) bond motifs is 1. The molecule has 0 saturated carbocycles. The molecule has 0 unspecified atom stereocenters. The molecule has 1 aromatic rings. The molecule has 0 aliphatic carbocycles. The zero-order valence-electron chi connectivity index (χ0n) is 6.46. The third-order valence-corrected chi connectivity index (χ3v) is 2.55. The summed E-state index contributed by atoms with van der Waals surface area (Å²) in [6.07, 6.45) is 0.334. The number of benzene rings is 1. The topological polar surface area (TPSA) is 29.5 Å². The highest BCUT2D eigenvalue weighted by Gasteiger charge is 2.18. The Kier molecular flexibility index (Phi) is 2.07. The Labute approximate surface area is 79.3 Å². The Balaban J connectivity index is 2.42. The normalized spacial score (nSPS) is 21.3. The lowest BCUT2D eigenvalue weighted by atomic mass is 10.1. The molecule has 1 aromatic carbocycles. The van der Waals surface area contributed by atoms with E-state index in [-0.39, 0.29) is 6.10 Å². The molecule has 2 nitrogen and oxygen atoms in total. The predicted molar refractivity (Wildman–Crippen MR) is 49.3 cm³/mol. The van der Waals surface area contributed by atoms with E-state index in [0.29, 0.717) is 13.0 Å². The van der Waals surface area contributed by atoms with Crippen molar-refractivity contribution in [3.8, 4) is 5.75 Å². The zero-order valence-corrected chi connectivity index (χ0v) is 8.04. The first-order valence-corrected chi connectivity index (χ1v) is 4.65. The molecule has 1 atom stereocenters. The summed E-state index contributed by atoms with van der Waals surface area (Å²) in [5.74, 6) is 0.878. The van der Waals surface area contributed by atoms with E-state index in [0.717, 1.165) is 15.8 Å². The van der Waals surface area contributed by atoms with Gasteiger partial charge >= 0.3 is 0 Å². The second-order valence-electron chi connectivity index (χ2n) is 2.90. The van der Waals surface area contributed by atoms with Crippen molar-refractivity contribution in [1.29, 1.82) is 0 Å². The molecule has 0 bridgehead atoms. The van der Waals surface area contributed by atoms with Crippen LogP contribution in [-0.2, 0) is 6.42 Å². The van der Waals surface area contributed by atoms with E-state index in [9.17, 15) is 5.11 Å². The molecule has 0 amide bonds. The summed E-state index contributed by atoms with van der Waals surface area (Å²) >= 11 is 3.40. The van der Waals surface area contributed by atoms with Crippen LogP contribution in [0.25, 0.3) is 0 Å². The predicted octanol–water partition coefficient (Wildman–Crippen LogP) is 1.74. The van der Waals surface area contributed by atoms with Crippen LogP contribution in [0.2, 0.25) is 0 Å². The van der Waals surface area contributed by atoms with E-state index in [4.69, 9.17) is 4.74 Å². The van der Waals surface area contributed by atoms with Crippen LogP contribution in [-0.4, -0.2) is 17.8 Å². The molecule has 1 aliphatic rings. The molecule has 0 saturated heterocycles. The van der Waals surface area contributed by atoms with E-state index < -0.39 is 0 Å². The Morgan fingerprint density at radius 3 is 3.17 bits per heavy atom. The number of para-hydroxylation sites is 1. The van der Waals surface area contributed by atoms with Gasteiger partial charge in [0.25, 0.3) is 0 Å². The standard InChI is InChI=1S/C9H9BrO2/c10-8-3-1-2-6-4-7(11)5-12-9(6)8/h1-3,7,11H,4-5H2/t7-/m1/s1. The molecule has 1 aliphatic heterocycles. The molecule has 2 rings (SSSR count). The minimum absolute atomic E-state index is 0.355. The fourth-order valence-electron chi connectivity index (χ4n) is 1.37. The average molecular weight is 229 g/mol. The number of halogens is 1. The summed E-state index contributed by atoms with van der Waals surface area (Å²) in [6, 6.07) is 5.86. The maximum atomic E-state index is 9.31. The molecular formula is C9H9BrO2. The van der Waals surface area contributed by atoms with Crippen LogP contribution in [0.15, 0.2) is 22.7 Å². The van der Waals surface area contributed by atoms with E-state index >= 15 is 0 Å². The second kappa shape index (κ2) is 3.07. The lowest BCUT2D eigenvalue weighted by Gasteiger charge is -2.22. The van der Waals surface area contributed by atoms with Gasteiger partial charge in [-0.15, -0.1) is 0 Å². The Morgan fingerprint density at radius 1 is 1.50 bits per heavy atom. The van der Waals surface area contributed by atoms with E-state index in [1.54, 1.807) is 0 Å². The van der Waals surface area contributed by atoms with Gasteiger partial charge in [0.05, 0.1) is 10.6 Å². The highest BCUT2D eigenvalue weighted by molar-refractivity contribution is 9.10. The number of rotatable bonds is 0. The molecule has 1 heterocycles. The molecule has 0 spiro atoms. The Hall–Kier alpha value is -0.540. The largest absolute Gasteiger partial charge is 0.489 e. The maximum Gasteiger partial charge on any atom is 0.136 e. The van der Waals surface area contributed by atoms with E-state index in [2.05, 4.69) is 15.9 Å². The van der Waals surface area contributed by atoms with Gasteiger partial charge in [-0.3, -0.25) is 0 Å². The van der Waals surface area contributed by atoms with Gasteiger partial charge in [0, 0.05) is 6.42 Å². The van der Waals surface area contributed by atoms with Crippen LogP contribution < -0.4 is 4.74 Å². The molecule has 1 N–H and O–H groups in total. The van der Waals surface area contributed by atoms with Crippen molar-refractivity contribution in [3.05, 3.63) is 28.2 Å². The molecule has 0 aromatic heterocycles. The fraction of sp³-hybridized carbons (Fsp3) is 0.333. The minimum atomic E-state index is -0.355. The van der Waals surface area contributed by atoms with E-state index in [1.165, 1.54) is 0 Å². The van der Waals surface area contributed by atoms with Gasteiger partial charge in [-0.1, -0.05) is 12.1 Å². The molecule has 3 heteroatoms. The maximum absolute atomic E-state index is 9.31. The quantitative estimate of drug-likeness (QED) is 0.734. The summed E-state index contributed by atoms with van der Waals surface area (Å²) in [5.41, 5.74) is 1.07. The van der Waals surface area contributed by atoms with Crippen LogP contribution >= 0.6 is 15.9 Å². The van der Waals surface area contributed by atoms with Gasteiger partial charge in [-0.25, -0.2) is 0 Å². The van der Waals surface area contributed by atoms with Crippen molar-refractivity contribution in [3.63, 3.8) is 0 Å². The molecule has 0 fully saturated rings. The van der Waals surface area contributed by atoms with Gasteiger partial charge in [-0.05, 0) is 27.6 Å². The van der Waals surface area contributed by atoms with Gasteiger partial charge < -0.3 is 9.84 Å². The van der Waals surface area contributed by atoms with Gasteiger partial charge in [0.2, 0.25) is 0 Å². The molecular weight excluding hydrogens is 220 g/mol. The minimum Gasteiger partial charge on any atom is -0.489 e. The molecule has 12 heavy (non-hydrogen) atoms. The first-order chi connectivity index (χ1) is 5.77. The van der Waals surface area contributed by atoms with Crippen LogP contribution in [0, 0.1) is 0 Å². The zero-order chi connectivity index (χ0) is 8.55. The number of aliphatic hydroxyl groups excluding tert-OH is 1. The molecule has 64 valence electrons. The smallest absolute Gasteiger partial charge is 0.136 e. The van der Waals surface area contributed by atoms with Gasteiger partial charge in [0.1, 0.15) is 12.4 Å². The van der Waals surface area contributed by atoms with Gasteiger partial charge in [-0.2, -0.15) is 0 Å². The van der Waals surface area contributed by atoms with Crippen molar-refractivity contribution < 1.29 is 9.84 Å². The second-order valence-corrected chi connectivity index (χ2v) is 3.75. The lowest BCUT2D eigenvalue weighted by molar-refractivity contribution is 0.0916. The highest BCUT2D eigenvalue weighted by Crippen LogP contribution is 2.32. The summed E-state index contributed by atoms with van der Waals surface area (Å²) in [7, 11) is 0. The van der Waals surface area contributed by atoms with Crippen LogP contribution in [0.3, 0.4) is 0 Å². The van der Waals surface area contributed by atoms with Crippen molar-refractivity contribution >= 4 is 15.9 Å². The number of hydrogen-bond acceptors (Lipinski definition) is 2. The van der Waals surface area contributed by atoms with Crippen molar-refractivity contribution in [1.82, 2.24) is 0 Å². The number of hydrogen-bond donors (Lipinski definition) is 1. The summed E-state index contributed by atoms with van der Waals surface area (Å²) in [6.45, 7) is 0.398. The molecule has 0 radical (unpaired) electrons. The average Bonchev–Trinajstić information content (AvgIpc) is 2.04. The van der Waals surface area contributed by atoms with Crippen molar-refractivity contribution in [2.24, 2.45) is 0 Å². The third-order valence-electron chi connectivity index (χ3n) is 1.92.